The van der Waals surface area contributed by atoms with E-state index in [1.807, 2.05) is 6.20 Å². The molecule has 4 heteroatoms. The molecule has 0 aliphatic rings. The van der Waals surface area contributed by atoms with Gasteiger partial charge in [-0.1, -0.05) is 20.8 Å². The van der Waals surface area contributed by atoms with E-state index in [1.54, 1.807) is 0 Å². The van der Waals surface area contributed by atoms with E-state index in [0.29, 0.717) is 6.04 Å². The van der Waals surface area contributed by atoms with Crippen molar-refractivity contribution >= 4 is 0 Å². The molecule has 0 saturated heterocycles. The predicted octanol–water partition coefficient (Wildman–Crippen LogP) is 2.36. The number of aromatic nitrogens is 2. The van der Waals surface area contributed by atoms with Gasteiger partial charge in [-0.15, -0.1) is 0 Å². The molecule has 0 aliphatic carbocycles. The molecular formula is C15H30N4. The van der Waals surface area contributed by atoms with Crippen molar-refractivity contribution in [3.05, 3.63) is 18.0 Å². The topological polar surface area (TPSA) is 33.1 Å². The van der Waals surface area contributed by atoms with E-state index in [2.05, 4.69) is 60.9 Å². The molecule has 1 rings (SSSR count). The lowest BCUT2D eigenvalue weighted by Gasteiger charge is -2.24. The van der Waals surface area contributed by atoms with Gasteiger partial charge >= 0.3 is 0 Å². The van der Waals surface area contributed by atoms with Crippen molar-refractivity contribution in [2.45, 2.75) is 52.7 Å². The summed E-state index contributed by atoms with van der Waals surface area (Å²) >= 11 is 0. The Morgan fingerprint density at radius 2 is 2.11 bits per heavy atom. The highest BCUT2D eigenvalue weighted by atomic mass is 15.3. The maximum Gasteiger partial charge on any atom is 0.0522 e. The summed E-state index contributed by atoms with van der Waals surface area (Å²) < 4.78 is 2.11. The fourth-order valence-electron chi connectivity index (χ4n) is 2.40. The van der Waals surface area contributed by atoms with Crippen LogP contribution in [0.2, 0.25) is 0 Å². The Balaban J connectivity index is 2.51. The molecule has 110 valence electrons. The van der Waals surface area contributed by atoms with Crippen LogP contribution in [0.3, 0.4) is 0 Å². The quantitative estimate of drug-likeness (QED) is 0.745. The standard InChI is InChI=1S/C15H30N4/c1-6-9-19-15(7-8-17-19)11-16-14(10-13(2)3)12-18(4)5/h7-8,13-14,16H,6,9-12H2,1-5H3. The van der Waals surface area contributed by atoms with Crippen molar-refractivity contribution in [3.63, 3.8) is 0 Å². The molecule has 0 aromatic carbocycles. The van der Waals surface area contributed by atoms with E-state index in [1.165, 1.54) is 12.1 Å². The molecule has 4 nitrogen and oxygen atoms in total. The molecule has 0 bridgehead atoms. The minimum absolute atomic E-state index is 0.542. The predicted molar refractivity (Wildman–Crippen MR) is 81.2 cm³/mol. The second kappa shape index (κ2) is 8.33. The van der Waals surface area contributed by atoms with Crippen LogP contribution in [0, 0.1) is 5.92 Å². The van der Waals surface area contributed by atoms with Crippen LogP contribution in [0.4, 0.5) is 0 Å². The number of hydrogen-bond acceptors (Lipinski definition) is 3. The third-order valence-electron chi connectivity index (χ3n) is 3.15. The van der Waals surface area contributed by atoms with Crippen LogP contribution in [-0.2, 0) is 13.1 Å². The van der Waals surface area contributed by atoms with Gasteiger partial charge in [0.15, 0.2) is 0 Å². The van der Waals surface area contributed by atoms with Crippen LogP contribution >= 0.6 is 0 Å². The lowest BCUT2D eigenvalue weighted by Crippen LogP contribution is -2.39. The lowest BCUT2D eigenvalue weighted by atomic mass is 10.0. The van der Waals surface area contributed by atoms with E-state index < -0.39 is 0 Å². The Hall–Kier alpha value is -0.870. The first-order chi connectivity index (χ1) is 9.02. The van der Waals surface area contributed by atoms with Crippen molar-refractivity contribution in [1.82, 2.24) is 20.0 Å². The largest absolute Gasteiger partial charge is 0.308 e. The van der Waals surface area contributed by atoms with Crippen LogP contribution in [-0.4, -0.2) is 41.4 Å². The first kappa shape index (κ1) is 16.2. The third-order valence-corrected chi connectivity index (χ3v) is 3.15. The first-order valence-corrected chi connectivity index (χ1v) is 7.41. The zero-order chi connectivity index (χ0) is 14.3. The zero-order valence-electron chi connectivity index (χ0n) is 13.2. The van der Waals surface area contributed by atoms with Gasteiger partial charge < -0.3 is 10.2 Å². The van der Waals surface area contributed by atoms with Gasteiger partial charge in [0, 0.05) is 31.9 Å². The SMILES string of the molecule is CCCn1nccc1CNC(CC(C)C)CN(C)C. The number of nitrogens with zero attached hydrogens (tertiary/aromatic N) is 3. The highest BCUT2D eigenvalue weighted by Gasteiger charge is 2.12. The van der Waals surface area contributed by atoms with Gasteiger partial charge in [0.2, 0.25) is 0 Å². The molecule has 0 spiro atoms. The normalized spacial score (nSPS) is 13.4. The molecule has 0 saturated carbocycles. The van der Waals surface area contributed by atoms with Crippen molar-refractivity contribution in [3.8, 4) is 0 Å². The molecule has 1 aromatic rings. The molecular weight excluding hydrogens is 236 g/mol. The highest BCUT2D eigenvalue weighted by molar-refractivity contribution is 5.00. The Morgan fingerprint density at radius 3 is 2.68 bits per heavy atom. The third kappa shape index (κ3) is 6.21. The second-order valence-electron chi connectivity index (χ2n) is 6.02. The molecule has 0 aliphatic heterocycles. The van der Waals surface area contributed by atoms with Crippen molar-refractivity contribution in [2.75, 3.05) is 20.6 Å². The number of rotatable bonds is 9. The summed E-state index contributed by atoms with van der Waals surface area (Å²) in [5.41, 5.74) is 1.29. The summed E-state index contributed by atoms with van der Waals surface area (Å²) in [5.74, 6) is 0.720. The summed E-state index contributed by atoms with van der Waals surface area (Å²) in [4.78, 5) is 2.25. The van der Waals surface area contributed by atoms with Gasteiger partial charge in [-0.25, -0.2) is 0 Å². The summed E-state index contributed by atoms with van der Waals surface area (Å²) in [6.07, 6.45) is 4.23. The molecule has 1 atom stereocenters. The Labute approximate surface area is 118 Å². The number of hydrogen-bond donors (Lipinski definition) is 1. The fraction of sp³-hybridized carbons (Fsp3) is 0.800. The Kier molecular flexibility index (Phi) is 7.10. The van der Waals surface area contributed by atoms with Crippen molar-refractivity contribution < 1.29 is 0 Å². The average molecular weight is 266 g/mol. The molecule has 1 aromatic heterocycles. The smallest absolute Gasteiger partial charge is 0.0522 e. The summed E-state index contributed by atoms with van der Waals surface area (Å²) in [7, 11) is 4.27. The molecule has 1 unspecified atom stereocenters. The van der Waals surface area contributed by atoms with Gasteiger partial charge in [0.05, 0.1) is 5.69 Å². The Bertz CT molecular complexity index is 334. The Morgan fingerprint density at radius 1 is 1.37 bits per heavy atom. The maximum absolute atomic E-state index is 4.37. The maximum atomic E-state index is 4.37. The van der Waals surface area contributed by atoms with E-state index >= 15 is 0 Å². The fourth-order valence-corrected chi connectivity index (χ4v) is 2.40. The van der Waals surface area contributed by atoms with Crippen LogP contribution < -0.4 is 5.32 Å². The first-order valence-electron chi connectivity index (χ1n) is 7.41. The summed E-state index contributed by atoms with van der Waals surface area (Å²) in [5, 5.41) is 8.05. The molecule has 1 N–H and O–H groups in total. The van der Waals surface area contributed by atoms with Crippen molar-refractivity contribution in [2.24, 2.45) is 5.92 Å². The van der Waals surface area contributed by atoms with E-state index in [0.717, 1.165) is 32.0 Å². The van der Waals surface area contributed by atoms with E-state index in [4.69, 9.17) is 0 Å². The second-order valence-corrected chi connectivity index (χ2v) is 6.02. The summed E-state index contributed by atoms with van der Waals surface area (Å²) in [6.45, 7) is 9.75. The summed E-state index contributed by atoms with van der Waals surface area (Å²) in [6, 6.07) is 2.66. The molecule has 0 fully saturated rings. The molecule has 0 amide bonds. The minimum atomic E-state index is 0.542. The number of aryl methyl sites for hydroxylation is 1. The van der Waals surface area contributed by atoms with Crippen LogP contribution in [0.25, 0.3) is 0 Å². The molecule has 0 radical (unpaired) electrons. The minimum Gasteiger partial charge on any atom is -0.308 e. The van der Waals surface area contributed by atoms with E-state index in [-0.39, 0.29) is 0 Å². The number of likely N-dealkylation sites (N-methyl/N-ethyl adjacent to an activating group) is 1. The average Bonchev–Trinajstić information content (AvgIpc) is 2.72. The van der Waals surface area contributed by atoms with Crippen LogP contribution in [0.1, 0.15) is 39.3 Å². The molecule has 19 heavy (non-hydrogen) atoms. The van der Waals surface area contributed by atoms with Crippen LogP contribution in [0.15, 0.2) is 12.3 Å². The van der Waals surface area contributed by atoms with Gasteiger partial charge in [-0.3, -0.25) is 4.68 Å². The van der Waals surface area contributed by atoms with Gasteiger partial charge in [0.1, 0.15) is 0 Å². The van der Waals surface area contributed by atoms with Gasteiger partial charge in [0.25, 0.3) is 0 Å². The van der Waals surface area contributed by atoms with Gasteiger partial charge in [-0.2, -0.15) is 5.10 Å². The van der Waals surface area contributed by atoms with E-state index in [9.17, 15) is 0 Å². The highest BCUT2D eigenvalue weighted by Crippen LogP contribution is 2.07. The zero-order valence-corrected chi connectivity index (χ0v) is 13.2. The van der Waals surface area contributed by atoms with Crippen molar-refractivity contribution in [1.29, 1.82) is 0 Å². The van der Waals surface area contributed by atoms with Crippen LogP contribution in [0.5, 0.6) is 0 Å². The monoisotopic (exact) mass is 266 g/mol. The van der Waals surface area contributed by atoms with Gasteiger partial charge in [-0.05, 0) is 38.9 Å². The lowest BCUT2D eigenvalue weighted by molar-refractivity contribution is 0.302. The molecule has 1 heterocycles. The number of nitrogens with one attached hydrogen (secondary N) is 1.